The average Bonchev–Trinajstić information content (AvgIpc) is 3.51. The maximum Gasteiger partial charge on any atom is 0.355 e. The highest BCUT2D eigenvalue weighted by molar-refractivity contribution is 7.98. The molecule has 11 heteroatoms. The van der Waals surface area contributed by atoms with Crippen molar-refractivity contribution < 1.29 is 22.9 Å². The van der Waals surface area contributed by atoms with Crippen LogP contribution >= 0.6 is 11.3 Å². The first-order valence-electron chi connectivity index (χ1n) is 14.2. The molecule has 2 aliphatic rings. The van der Waals surface area contributed by atoms with Crippen molar-refractivity contribution in [3.63, 3.8) is 0 Å². The van der Waals surface area contributed by atoms with Gasteiger partial charge in [0.1, 0.15) is 11.6 Å². The Bertz CT molecular complexity index is 1870. The zero-order chi connectivity index (χ0) is 30.5. The maximum atomic E-state index is 15.3. The van der Waals surface area contributed by atoms with E-state index in [1.165, 1.54) is 34.9 Å². The molecule has 224 valence electrons. The number of carbonyl (C=O) groups is 1. The van der Waals surface area contributed by atoms with Crippen LogP contribution in [-0.4, -0.2) is 35.9 Å². The molecule has 2 unspecified atom stereocenters. The highest BCUT2D eigenvalue weighted by Crippen LogP contribution is 2.40. The van der Waals surface area contributed by atoms with Gasteiger partial charge in [-0.2, -0.15) is 5.10 Å². The van der Waals surface area contributed by atoms with Crippen LogP contribution in [0.2, 0.25) is 0 Å². The molecule has 2 atom stereocenters. The van der Waals surface area contributed by atoms with E-state index in [2.05, 4.69) is 23.9 Å². The lowest BCUT2D eigenvalue weighted by atomic mass is 9.84. The predicted molar refractivity (Wildman–Crippen MR) is 166 cm³/mol. The monoisotopic (exact) mass is 622 g/mol. The zero-order valence-electron chi connectivity index (χ0n) is 23.7. The topological polar surface area (TPSA) is 111 Å². The predicted octanol–water partition coefficient (Wildman–Crippen LogP) is 6.67. The highest BCUT2D eigenvalue weighted by atomic mass is 32.2. The second kappa shape index (κ2) is 11.4. The average molecular weight is 623 g/mol. The molecule has 2 heterocycles. The Balaban J connectivity index is 1.53. The second-order valence-corrected chi connectivity index (χ2v) is 14.2. The first-order chi connectivity index (χ1) is 20.5. The summed E-state index contributed by atoms with van der Waals surface area (Å²) in [6.07, 6.45) is 8.14. The largest absolute Gasteiger partial charge is 0.476 e. The SMILES string of the molecule is C=S(N)(=O)c1ccc(Cc2c(-c3ccc(F)c(C4=CCCCC4C)c3)nn(-c3nc(C(=O)O)cs3)c2CC2CC2)cc1F. The van der Waals surface area contributed by atoms with Crippen molar-refractivity contribution in [2.75, 3.05) is 0 Å². The standard InChI is InChI=1S/C32H32F2N4O3S2/c1-18-5-3-4-6-22(18)23-16-21(10-11-25(23)33)30-24(13-20-9-12-29(26(34)14-20)43(2,35)41)28(15-19-7-8-19)38(37-30)32-36-27(17-42-32)31(39)40/h6,9-12,14,16-19H,2-5,7-8,13,15H2,1H3,(H2,35,41)(H,39,40). The van der Waals surface area contributed by atoms with E-state index in [1.54, 1.807) is 16.8 Å². The van der Waals surface area contributed by atoms with Gasteiger partial charge in [-0.25, -0.2) is 27.5 Å². The van der Waals surface area contributed by atoms with Gasteiger partial charge in [-0.1, -0.05) is 19.1 Å². The molecule has 4 aromatic rings. The number of halogens is 2. The van der Waals surface area contributed by atoms with E-state index in [9.17, 15) is 14.1 Å². The summed E-state index contributed by atoms with van der Waals surface area (Å²) in [5.74, 6) is 1.92. The summed E-state index contributed by atoms with van der Waals surface area (Å²) in [6, 6.07) is 9.38. The molecule has 0 radical (unpaired) electrons. The summed E-state index contributed by atoms with van der Waals surface area (Å²) < 4.78 is 44.3. The Morgan fingerprint density at radius 3 is 2.63 bits per heavy atom. The van der Waals surface area contributed by atoms with Gasteiger partial charge in [-0.3, -0.25) is 5.14 Å². The summed E-state index contributed by atoms with van der Waals surface area (Å²) in [5, 5.41) is 22.0. The van der Waals surface area contributed by atoms with Crippen LogP contribution in [0.5, 0.6) is 0 Å². The number of nitrogens with two attached hydrogens (primary N) is 1. The molecular weight excluding hydrogens is 591 g/mol. The molecule has 7 nitrogen and oxygen atoms in total. The molecule has 0 amide bonds. The molecule has 2 aromatic heterocycles. The van der Waals surface area contributed by atoms with Crippen molar-refractivity contribution in [3.05, 3.63) is 87.6 Å². The van der Waals surface area contributed by atoms with Gasteiger partial charge in [-0.05, 0) is 97.7 Å². The number of benzene rings is 2. The molecule has 43 heavy (non-hydrogen) atoms. The summed E-state index contributed by atoms with van der Waals surface area (Å²) in [6.45, 7) is 2.11. The van der Waals surface area contributed by atoms with Gasteiger partial charge >= 0.3 is 5.97 Å². The number of rotatable bonds is 9. The van der Waals surface area contributed by atoms with Crippen molar-refractivity contribution >= 4 is 38.5 Å². The van der Waals surface area contributed by atoms with Crippen molar-refractivity contribution in [2.24, 2.45) is 17.0 Å². The lowest BCUT2D eigenvalue weighted by molar-refractivity contribution is 0.0691. The molecular formula is C32H32F2N4O3S2. The molecule has 0 bridgehead atoms. The number of hydrogen-bond donors (Lipinski definition) is 2. The van der Waals surface area contributed by atoms with Crippen molar-refractivity contribution in [3.8, 4) is 16.4 Å². The molecule has 1 fully saturated rings. The number of aromatic carboxylic acids is 1. The molecule has 6 rings (SSSR count). The number of allylic oxidation sites excluding steroid dienone is 2. The number of hydrogen-bond acceptors (Lipinski definition) is 5. The fourth-order valence-corrected chi connectivity index (χ4v) is 7.23. The number of carboxylic acid groups (broad SMARTS) is 1. The van der Waals surface area contributed by atoms with E-state index in [-0.39, 0.29) is 28.7 Å². The Morgan fingerprint density at radius 2 is 1.98 bits per heavy atom. The number of thiazole rings is 1. The van der Waals surface area contributed by atoms with Gasteiger partial charge in [0.2, 0.25) is 5.13 Å². The van der Waals surface area contributed by atoms with Crippen LogP contribution in [0.15, 0.2) is 52.7 Å². The van der Waals surface area contributed by atoms with E-state index in [1.807, 2.05) is 6.07 Å². The number of nitrogens with zero attached hydrogens (tertiary/aromatic N) is 3. The van der Waals surface area contributed by atoms with Crippen molar-refractivity contribution in [1.82, 2.24) is 14.8 Å². The lowest BCUT2D eigenvalue weighted by Crippen LogP contribution is -2.14. The minimum absolute atomic E-state index is 0.0746. The van der Waals surface area contributed by atoms with Crippen LogP contribution in [0.3, 0.4) is 0 Å². The molecule has 0 aliphatic heterocycles. The van der Waals surface area contributed by atoms with E-state index in [0.717, 1.165) is 48.9 Å². The molecule has 0 saturated heterocycles. The fraction of sp³-hybridized carbons (Fsp3) is 0.312. The van der Waals surface area contributed by atoms with Gasteiger partial charge < -0.3 is 5.11 Å². The highest BCUT2D eigenvalue weighted by Gasteiger charge is 2.30. The summed E-state index contributed by atoms with van der Waals surface area (Å²) in [4.78, 5) is 15.8. The van der Waals surface area contributed by atoms with Gasteiger partial charge in [0.15, 0.2) is 5.69 Å². The molecule has 0 spiro atoms. The third kappa shape index (κ3) is 6.07. The fourth-order valence-electron chi connectivity index (χ4n) is 5.77. The molecule has 1 saturated carbocycles. The number of carboxylic acids is 1. The van der Waals surface area contributed by atoms with E-state index in [4.69, 9.17) is 10.2 Å². The normalized spacial score (nSPS) is 18.3. The van der Waals surface area contributed by atoms with E-state index in [0.29, 0.717) is 39.9 Å². The van der Waals surface area contributed by atoms with Crippen molar-refractivity contribution in [2.45, 2.75) is 56.8 Å². The minimum Gasteiger partial charge on any atom is -0.476 e. The van der Waals surface area contributed by atoms with E-state index < -0.39 is 21.5 Å². The molecule has 3 N–H and O–H groups in total. The lowest BCUT2D eigenvalue weighted by Gasteiger charge is -2.21. The Morgan fingerprint density at radius 1 is 1.19 bits per heavy atom. The minimum atomic E-state index is -3.24. The van der Waals surface area contributed by atoms with Crippen LogP contribution in [0, 0.1) is 23.5 Å². The maximum absolute atomic E-state index is 15.3. The zero-order valence-corrected chi connectivity index (χ0v) is 25.3. The first-order valence-corrected chi connectivity index (χ1v) is 16.9. The summed E-state index contributed by atoms with van der Waals surface area (Å²) >= 11 is 1.18. The Hall–Kier alpha value is -3.67. The van der Waals surface area contributed by atoms with Crippen LogP contribution in [-0.2, 0) is 22.5 Å². The second-order valence-electron chi connectivity index (χ2n) is 11.5. The summed E-state index contributed by atoms with van der Waals surface area (Å²) in [5.41, 5.74) is 5.02. The van der Waals surface area contributed by atoms with Gasteiger partial charge in [0.25, 0.3) is 0 Å². The van der Waals surface area contributed by atoms with E-state index >= 15 is 8.78 Å². The van der Waals surface area contributed by atoms with Crippen LogP contribution in [0.1, 0.15) is 71.9 Å². The summed E-state index contributed by atoms with van der Waals surface area (Å²) in [7, 11) is -3.24. The van der Waals surface area contributed by atoms with Crippen LogP contribution in [0.4, 0.5) is 8.78 Å². The molecule has 2 aliphatic carbocycles. The Labute approximate surface area is 253 Å². The third-order valence-corrected chi connectivity index (χ3v) is 10.1. The van der Waals surface area contributed by atoms with Gasteiger partial charge in [0, 0.05) is 28.5 Å². The third-order valence-electron chi connectivity index (χ3n) is 8.20. The van der Waals surface area contributed by atoms with Crippen LogP contribution in [0.25, 0.3) is 22.0 Å². The van der Waals surface area contributed by atoms with Crippen molar-refractivity contribution in [1.29, 1.82) is 0 Å². The van der Waals surface area contributed by atoms with Gasteiger partial charge in [0.05, 0.1) is 26.0 Å². The Kier molecular flexibility index (Phi) is 7.82. The van der Waals surface area contributed by atoms with Gasteiger partial charge in [-0.15, -0.1) is 11.3 Å². The smallest absolute Gasteiger partial charge is 0.355 e. The molecule has 2 aromatic carbocycles. The van der Waals surface area contributed by atoms with Crippen LogP contribution < -0.4 is 5.14 Å². The number of aromatic nitrogens is 3. The first kappa shape index (κ1) is 29.4. The quantitative estimate of drug-likeness (QED) is 0.203.